The SMILES string of the molecule is COc1cc(F)cc(F)c1OCC(=O)O. The lowest BCUT2D eigenvalue weighted by Gasteiger charge is -2.09. The normalized spacial score (nSPS) is 9.80. The number of rotatable bonds is 4. The quantitative estimate of drug-likeness (QED) is 0.830. The highest BCUT2D eigenvalue weighted by Crippen LogP contribution is 2.30. The molecule has 1 aromatic carbocycles. The minimum Gasteiger partial charge on any atom is -0.493 e. The largest absolute Gasteiger partial charge is 0.493 e. The summed E-state index contributed by atoms with van der Waals surface area (Å²) >= 11 is 0. The Bertz CT molecular complexity index is 379. The van der Waals surface area contributed by atoms with Crippen LogP contribution in [0, 0.1) is 11.6 Å². The lowest BCUT2D eigenvalue weighted by molar-refractivity contribution is -0.139. The number of aliphatic carboxylic acids is 1. The molecular formula is C9H8F2O4. The average molecular weight is 218 g/mol. The fourth-order valence-corrected chi connectivity index (χ4v) is 0.962. The molecule has 0 aliphatic carbocycles. The first-order chi connectivity index (χ1) is 7.04. The number of carbonyl (C=O) groups is 1. The van der Waals surface area contributed by atoms with Crippen molar-refractivity contribution >= 4 is 5.97 Å². The van der Waals surface area contributed by atoms with Gasteiger partial charge in [-0.2, -0.15) is 0 Å². The van der Waals surface area contributed by atoms with E-state index in [1.807, 2.05) is 0 Å². The van der Waals surface area contributed by atoms with Gasteiger partial charge in [0.15, 0.2) is 23.9 Å². The van der Waals surface area contributed by atoms with E-state index in [-0.39, 0.29) is 5.75 Å². The molecule has 0 aliphatic heterocycles. The van der Waals surface area contributed by atoms with Crippen LogP contribution in [0.4, 0.5) is 8.78 Å². The molecule has 0 aliphatic rings. The molecule has 0 bridgehead atoms. The minimum absolute atomic E-state index is 0.186. The molecule has 6 heteroatoms. The van der Waals surface area contributed by atoms with Crippen LogP contribution in [0.3, 0.4) is 0 Å². The molecule has 1 N–H and O–H groups in total. The second kappa shape index (κ2) is 4.59. The van der Waals surface area contributed by atoms with Crippen molar-refractivity contribution in [3.63, 3.8) is 0 Å². The van der Waals surface area contributed by atoms with Gasteiger partial charge in [-0.3, -0.25) is 0 Å². The molecule has 82 valence electrons. The molecule has 0 atom stereocenters. The molecule has 0 spiro atoms. The third kappa shape index (κ3) is 2.80. The smallest absolute Gasteiger partial charge is 0.341 e. The number of hydrogen-bond acceptors (Lipinski definition) is 3. The van der Waals surface area contributed by atoms with E-state index < -0.39 is 30.0 Å². The molecule has 0 unspecified atom stereocenters. The second-order valence-electron chi connectivity index (χ2n) is 2.60. The Labute approximate surface area is 84.0 Å². The van der Waals surface area contributed by atoms with Crippen molar-refractivity contribution in [2.45, 2.75) is 0 Å². The second-order valence-corrected chi connectivity index (χ2v) is 2.60. The number of methoxy groups -OCH3 is 1. The lowest BCUT2D eigenvalue weighted by atomic mass is 10.3. The topological polar surface area (TPSA) is 55.8 Å². The number of hydrogen-bond donors (Lipinski definition) is 1. The van der Waals surface area contributed by atoms with Gasteiger partial charge in [0, 0.05) is 12.1 Å². The summed E-state index contributed by atoms with van der Waals surface area (Å²) in [5, 5.41) is 8.32. The Morgan fingerprint density at radius 1 is 1.47 bits per heavy atom. The minimum atomic E-state index is -1.26. The lowest BCUT2D eigenvalue weighted by Crippen LogP contribution is -2.11. The third-order valence-electron chi connectivity index (χ3n) is 1.53. The molecule has 0 heterocycles. The van der Waals surface area contributed by atoms with E-state index in [0.29, 0.717) is 6.07 Å². The van der Waals surface area contributed by atoms with Crippen molar-refractivity contribution in [3.05, 3.63) is 23.8 Å². The molecule has 0 aromatic heterocycles. The summed E-state index contributed by atoms with van der Waals surface area (Å²) in [4.78, 5) is 10.2. The average Bonchev–Trinajstić information content (AvgIpc) is 2.14. The van der Waals surface area contributed by atoms with Crippen molar-refractivity contribution in [2.24, 2.45) is 0 Å². The van der Waals surface area contributed by atoms with Gasteiger partial charge >= 0.3 is 5.97 Å². The van der Waals surface area contributed by atoms with Crippen molar-refractivity contribution in [3.8, 4) is 11.5 Å². The summed E-state index contributed by atoms with van der Waals surface area (Å²) in [6.45, 7) is -0.723. The van der Waals surface area contributed by atoms with Gasteiger partial charge in [-0.15, -0.1) is 0 Å². The van der Waals surface area contributed by atoms with E-state index in [2.05, 4.69) is 9.47 Å². The molecule has 1 rings (SSSR count). The molecule has 1 aromatic rings. The molecule has 0 saturated carbocycles. The van der Waals surface area contributed by atoms with Gasteiger partial charge in [0.2, 0.25) is 0 Å². The monoisotopic (exact) mass is 218 g/mol. The van der Waals surface area contributed by atoms with Crippen LogP contribution in [0.15, 0.2) is 12.1 Å². The van der Waals surface area contributed by atoms with E-state index in [1.54, 1.807) is 0 Å². The predicted molar refractivity (Wildman–Crippen MR) is 46.0 cm³/mol. The molecular weight excluding hydrogens is 210 g/mol. The Kier molecular flexibility index (Phi) is 3.43. The van der Waals surface area contributed by atoms with E-state index in [0.717, 1.165) is 6.07 Å². The van der Waals surface area contributed by atoms with Crippen LogP contribution in [0.25, 0.3) is 0 Å². The van der Waals surface area contributed by atoms with Crippen molar-refractivity contribution < 1.29 is 28.2 Å². The van der Waals surface area contributed by atoms with Crippen LogP contribution < -0.4 is 9.47 Å². The maximum Gasteiger partial charge on any atom is 0.341 e. The third-order valence-corrected chi connectivity index (χ3v) is 1.53. The van der Waals surface area contributed by atoms with Gasteiger partial charge in [-0.25, -0.2) is 13.6 Å². The van der Waals surface area contributed by atoms with Crippen LogP contribution in [0.1, 0.15) is 0 Å². The Balaban J connectivity index is 2.98. The first kappa shape index (κ1) is 11.2. The van der Waals surface area contributed by atoms with E-state index in [4.69, 9.17) is 5.11 Å². The molecule has 0 amide bonds. The Morgan fingerprint density at radius 2 is 2.13 bits per heavy atom. The maximum absolute atomic E-state index is 13.1. The fourth-order valence-electron chi connectivity index (χ4n) is 0.962. The number of halogens is 2. The van der Waals surface area contributed by atoms with Crippen molar-refractivity contribution in [2.75, 3.05) is 13.7 Å². The van der Waals surface area contributed by atoms with Crippen LogP contribution in [0.5, 0.6) is 11.5 Å². The summed E-state index contributed by atoms with van der Waals surface area (Å²) in [5.41, 5.74) is 0. The number of benzene rings is 1. The summed E-state index contributed by atoms with van der Waals surface area (Å²) in [6, 6.07) is 1.49. The van der Waals surface area contributed by atoms with Gasteiger partial charge in [-0.1, -0.05) is 0 Å². The number of carboxylic acids is 1. The highest BCUT2D eigenvalue weighted by molar-refractivity contribution is 5.68. The van der Waals surface area contributed by atoms with Crippen molar-refractivity contribution in [1.82, 2.24) is 0 Å². The first-order valence-corrected chi connectivity index (χ1v) is 3.92. The summed E-state index contributed by atoms with van der Waals surface area (Å²) in [7, 11) is 1.20. The summed E-state index contributed by atoms with van der Waals surface area (Å²) < 4.78 is 35.1. The zero-order valence-electron chi connectivity index (χ0n) is 7.79. The van der Waals surface area contributed by atoms with E-state index >= 15 is 0 Å². The predicted octanol–water partition coefficient (Wildman–Crippen LogP) is 1.44. The van der Waals surface area contributed by atoms with Crippen molar-refractivity contribution in [1.29, 1.82) is 0 Å². The first-order valence-electron chi connectivity index (χ1n) is 3.92. The Hall–Kier alpha value is -1.85. The van der Waals surface area contributed by atoms with Gasteiger partial charge in [0.1, 0.15) is 5.82 Å². The zero-order valence-corrected chi connectivity index (χ0v) is 7.79. The van der Waals surface area contributed by atoms with Crippen LogP contribution in [-0.2, 0) is 4.79 Å². The van der Waals surface area contributed by atoms with Gasteiger partial charge < -0.3 is 14.6 Å². The summed E-state index contributed by atoms with van der Waals surface area (Å²) in [6.07, 6.45) is 0. The molecule has 0 radical (unpaired) electrons. The Morgan fingerprint density at radius 3 is 2.67 bits per heavy atom. The number of carboxylic acid groups (broad SMARTS) is 1. The van der Waals surface area contributed by atoms with Gasteiger partial charge in [-0.05, 0) is 0 Å². The highest BCUT2D eigenvalue weighted by Gasteiger charge is 2.14. The zero-order chi connectivity index (χ0) is 11.4. The van der Waals surface area contributed by atoms with Crippen LogP contribution in [0.2, 0.25) is 0 Å². The molecule has 0 fully saturated rings. The maximum atomic E-state index is 13.1. The fraction of sp³-hybridized carbons (Fsp3) is 0.222. The summed E-state index contributed by atoms with van der Waals surface area (Å²) in [5.74, 6) is -3.70. The highest BCUT2D eigenvalue weighted by atomic mass is 19.1. The molecule has 15 heavy (non-hydrogen) atoms. The number of ether oxygens (including phenoxy) is 2. The standard InChI is InChI=1S/C9H8F2O4/c1-14-7-3-5(10)2-6(11)9(7)15-4-8(12)13/h2-3H,4H2,1H3,(H,12,13). The van der Waals surface area contributed by atoms with Gasteiger partial charge in [0.05, 0.1) is 7.11 Å². The molecule has 4 nitrogen and oxygen atoms in total. The van der Waals surface area contributed by atoms with Gasteiger partial charge in [0.25, 0.3) is 0 Å². The van der Waals surface area contributed by atoms with Crippen LogP contribution >= 0.6 is 0 Å². The van der Waals surface area contributed by atoms with E-state index in [1.165, 1.54) is 7.11 Å². The van der Waals surface area contributed by atoms with Crippen LogP contribution in [-0.4, -0.2) is 24.8 Å². The molecule has 0 saturated heterocycles. The van der Waals surface area contributed by atoms with E-state index in [9.17, 15) is 13.6 Å².